The first-order valence-corrected chi connectivity index (χ1v) is 9.27. The standard InChI is InChI=1S/C24H18FNO4/c1-30-19-12-6-11-18(14-19)26-21(16-9-5-10-17(25)13-16)20(23(28)24(26)29)22(27)15-7-3-2-4-8-15/h2-14,21,27H,1H3/b22-20-. The van der Waals surface area contributed by atoms with Crippen molar-refractivity contribution in [2.75, 3.05) is 12.0 Å². The number of carbonyl (C=O) groups is 2. The topological polar surface area (TPSA) is 66.8 Å². The van der Waals surface area contributed by atoms with Crippen LogP contribution in [0.4, 0.5) is 10.1 Å². The van der Waals surface area contributed by atoms with Gasteiger partial charge in [-0.3, -0.25) is 14.5 Å². The van der Waals surface area contributed by atoms with Gasteiger partial charge in [-0.1, -0.05) is 48.5 Å². The first-order chi connectivity index (χ1) is 14.5. The quantitative estimate of drug-likeness (QED) is 0.397. The minimum absolute atomic E-state index is 0.0976. The maximum Gasteiger partial charge on any atom is 0.300 e. The van der Waals surface area contributed by atoms with Crippen LogP contribution in [0.3, 0.4) is 0 Å². The number of methoxy groups -OCH3 is 1. The molecule has 3 aromatic rings. The molecule has 0 bridgehead atoms. The summed E-state index contributed by atoms with van der Waals surface area (Å²) in [6.45, 7) is 0. The zero-order valence-electron chi connectivity index (χ0n) is 16.1. The van der Waals surface area contributed by atoms with Crippen molar-refractivity contribution in [3.8, 4) is 5.75 Å². The number of benzene rings is 3. The monoisotopic (exact) mass is 403 g/mol. The minimum atomic E-state index is -0.993. The number of rotatable bonds is 4. The lowest BCUT2D eigenvalue weighted by molar-refractivity contribution is -0.132. The number of nitrogens with zero attached hydrogens (tertiary/aromatic N) is 1. The molecule has 0 saturated carbocycles. The molecular formula is C24H18FNO4. The molecule has 3 aromatic carbocycles. The summed E-state index contributed by atoms with van der Waals surface area (Å²) in [6.07, 6.45) is 0. The smallest absolute Gasteiger partial charge is 0.300 e. The van der Waals surface area contributed by atoms with Crippen LogP contribution in [0.15, 0.2) is 84.4 Å². The number of hydrogen-bond acceptors (Lipinski definition) is 4. The lowest BCUT2D eigenvalue weighted by Crippen LogP contribution is -2.29. The van der Waals surface area contributed by atoms with Crippen LogP contribution in [0.1, 0.15) is 17.2 Å². The van der Waals surface area contributed by atoms with Gasteiger partial charge in [0, 0.05) is 17.3 Å². The Bertz CT molecular complexity index is 1160. The molecule has 1 N–H and O–H groups in total. The van der Waals surface area contributed by atoms with Gasteiger partial charge in [-0.15, -0.1) is 0 Å². The molecule has 1 saturated heterocycles. The number of Topliss-reactive ketones (excluding diaryl/α,β-unsaturated/α-hetero) is 1. The number of ether oxygens (including phenoxy) is 1. The summed E-state index contributed by atoms with van der Waals surface area (Å²) in [5.41, 5.74) is 1.06. The second-order valence-corrected chi connectivity index (χ2v) is 6.79. The van der Waals surface area contributed by atoms with E-state index in [0.29, 0.717) is 22.6 Å². The van der Waals surface area contributed by atoms with E-state index in [4.69, 9.17) is 4.74 Å². The summed E-state index contributed by atoms with van der Waals surface area (Å²) >= 11 is 0. The Hall–Kier alpha value is -3.93. The van der Waals surface area contributed by atoms with E-state index in [9.17, 15) is 19.1 Å². The van der Waals surface area contributed by atoms with Crippen LogP contribution in [-0.4, -0.2) is 23.9 Å². The fourth-order valence-corrected chi connectivity index (χ4v) is 3.60. The number of carbonyl (C=O) groups excluding carboxylic acids is 2. The van der Waals surface area contributed by atoms with Crippen LogP contribution < -0.4 is 9.64 Å². The van der Waals surface area contributed by atoms with Gasteiger partial charge in [0.15, 0.2) is 0 Å². The molecule has 0 aliphatic carbocycles. The lowest BCUT2D eigenvalue weighted by Gasteiger charge is -2.25. The fraction of sp³-hybridized carbons (Fsp3) is 0.0833. The highest BCUT2D eigenvalue weighted by Gasteiger charge is 2.47. The highest BCUT2D eigenvalue weighted by molar-refractivity contribution is 6.51. The Morgan fingerprint density at radius 2 is 1.70 bits per heavy atom. The summed E-state index contributed by atoms with van der Waals surface area (Å²) in [5, 5.41) is 10.9. The van der Waals surface area contributed by atoms with Crippen molar-refractivity contribution in [1.82, 2.24) is 0 Å². The van der Waals surface area contributed by atoms with Gasteiger partial charge in [-0.25, -0.2) is 4.39 Å². The van der Waals surface area contributed by atoms with Crippen molar-refractivity contribution in [2.45, 2.75) is 6.04 Å². The van der Waals surface area contributed by atoms with Crippen LogP contribution in [0.2, 0.25) is 0 Å². The number of amides is 1. The van der Waals surface area contributed by atoms with Gasteiger partial charge in [-0.05, 0) is 29.8 Å². The zero-order chi connectivity index (χ0) is 21.3. The zero-order valence-corrected chi connectivity index (χ0v) is 16.1. The molecule has 150 valence electrons. The molecule has 0 aromatic heterocycles. The first kappa shape index (κ1) is 19.4. The van der Waals surface area contributed by atoms with Crippen molar-refractivity contribution < 1.29 is 23.8 Å². The third-order valence-electron chi connectivity index (χ3n) is 4.99. The number of hydrogen-bond donors (Lipinski definition) is 1. The van der Waals surface area contributed by atoms with E-state index in [1.165, 1.54) is 30.2 Å². The second kappa shape index (κ2) is 7.83. The summed E-state index contributed by atoms with van der Waals surface area (Å²) in [6, 6.07) is 19.8. The van der Waals surface area contributed by atoms with E-state index in [1.54, 1.807) is 60.7 Å². The molecule has 1 aliphatic heterocycles. The van der Waals surface area contributed by atoms with Gasteiger partial charge in [0.05, 0.1) is 18.7 Å². The SMILES string of the molecule is COc1cccc(N2C(=O)C(=O)/C(=C(\O)c3ccccc3)C2c2cccc(F)c2)c1. The molecule has 0 spiro atoms. The molecule has 4 rings (SSSR count). The van der Waals surface area contributed by atoms with Crippen LogP contribution in [0.25, 0.3) is 5.76 Å². The Morgan fingerprint density at radius 3 is 2.40 bits per heavy atom. The molecule has 6 heteroatoms. The highest BCUT2D eigenvalue weighted by atomic mass is 19.1. The van der Waals surface area contributed by atoms with E-state index >= 15 is 0 Å². The summed E-state index contributed by atoms with van der Waals surface area (Å²) in [4.78, 5) is 27.3. The summed E-state index contributed by atoms with van der Waals surface area (Å²) in [7, 11) is 1.49. The Kier molecular flexibility index (Phi) is 5.06. The molecule has 5 nitrogen and oxygen atoms in total. The van der Waals surface area contributed by atoms with E-state index in [1.807, 2.05) is 0 Å². The van der Waals surface area contributed by atoms with Crippen LogP contribution in [0.5, 0.6) is 5.75 Å². The molecule has 1 amide bonds. The number of ketones is 1. The Morgan fingerprint density at radius 1 is 0.967 bits per heavy atom. The molecule has 1 heterocycles. The van der Waals surface area contributed by atoms with Gasteiger partial charge >= 0.3 is 0 Å². The average Bonchev–Trinajstić information content (AvgIpc) is 3.04. The average molecular weight is 403 g/mol. The summed E-state index contributed by atoms with van der Waals surface area (Å²) in [5.74, 6) is -1.98. The van der Waals surface area contributed by atoms with E-state index in [-0.39, 0.29) is 11.3 Å². The third kappa shape index (κ3) is 3.33. The number of halogens is 1. The van der Waals surface area contributed by atoms with Crippen molar-refractivity contribution in [1.29, 1.82) is 0 Å². The normalized spacial score (nSPS) is 17.9. The predicted molar refractivity (Wildman–Crippen MR) is 111 cm³/mol. The van der Waals surface area contributed by atoms with Crippen molar-refractivity contribution in [3.63, 3.8) is 0 Å². The van der Waals surface area contributed by atoms with E-state index in [0.717, 1.165) is 0 Å². The molecule has 1 unspecified atom stereocenters. The predicted octanol–water partition coefficient (Wildman–Crippen LogP) is 4.46. The van der Waals surface area contributed by atoms with Crippen LogP contribution in [-0.2, 0) is 9.59 Å². The van der Waals surface area contributed by atoms with Gasteiger partial charge < -0.3 is 9.84 Å². The highest BCUT2D eigenvalue weighted by Crippen LogP contribution is 2.42. The van der Waals surface area contributed by atoms with Crippen LogP contribution in [0, 0.1) is 5.82 Å². The fourth-order valence-electron chi connectivity index (χ4n) is 3.60. The molecule has 1 aliphatic rings. The Balaban J connectivity index is 1.96. The molecule has 30 heavy (non-hydrogen) atoms. The minimum Gasteiger partial charge on any atom is -0.507 e. The van der Waals surface area contributed by atoms with Gasteiger partial charge in [0.25, 0.3) is 11.7 Å². The maximum atomic E-state index is 14.0. The Labute approximate surface area is 172 Å². The van der Waals surface area contributed by atoms with E-state index in [2.05, 4.69) is 0 Å². The van der Waals surface area contributed by atoms with Crippen molar-refractivity contribution in [3.05, 3.63) is 101 Å². The number of aliphatic hydroxyl groups is 1. The molecule has 1 fully saturated rings. The maximum absolute atomic E-state index is 14.0. The second-order valence-electron chi connectivity index (χ2n) is 6.79. The third-order valence-corrected chi connectivity index (χ3v) is 4.99. The molecular weight excluding hydrogens is 385 g/mol. The largest absolute Gasteiger partial charge is 0.507 e. The van der Waals surface area contributed by atoms with Crippen LogP contribution >= 0.6 is 0 Å². The summed E-state index contributed by atoms with van der Waals surface area (Å²) < 4.78 is 19.3. The number of aliphatic hydroxyl groups excluding tert-OH is 1. The van der Waals surface area contributed by atoms with Gasteiger partial charge in [0.1, 0.15) is 17.3 Å². The van der Waals surface area contributed by atoms with Crippen molar-refractivity contribution in [2.24, 2.45) is 0 Å². The van der Waals surface area contributed by atoms with E-state index < -0.39 is 23.5 Å². The lowest BCUT2D eigenvalue weighted by atomic mass is 9.95. The van der Waals surface area contributed by atoms with Gasteiger partial charge in [-0.2, -0.15) is 0 Å². The number of anilines is 1. The molecule has 0 radical (unpaired) electrons. The first-order valence-electron chi connectivity index (χ1n) is 9.27. The van der Waals surface area contributed by atoms with Crippen molar-refractivity contribution >= 4 is 23.1 Å². The molecule has 1 atom stereocenters. The van der Waals surface area contributed by atoms with Gasteiger partial charge in [0.2, 0.25) is 0 Å².